The number of hydrogen-bond acceptors (Lipinski definition) is 6. The molecule has 0 fully saturated rings. The fourth-order valence-corrected chi connectivity index (χ4v) is 2.86. The molecule has 28 heavy (non-hydrogen) atoms. The molecule has 0 unspecified atom stereocenters. The van der Waals surface area contributed by atoms with E-state index in [1.54, 1.807) is 28.5 Å². The third-order valence-electron chi connectivity index (χ3n) is 3.35. The molecule has 0 aliphatic heterocycles. The molecule has 0 aliphatic carbocycles. The summed E-state index contributed by atoms with van der Waals surface area (Å²) in [4.78, 5) is 34.4. The van der Waals surface area contributed by atoms with Crippen molar-refractivity contribution in [1.29, 1.82) is 0 Å². The van der Waals surface area contributed by atoms with E-state index in [2.05, 4.69) is 20.6 Å². The number of carbonyl (C=O) groups is 2. The highest BCUT2D eigenvalue weighted by Gasteiger charge is 2.24. The second-order valence-corrected chi connectivity index (χ2v) is 8.72. The lowest BCUT2D eigenvalue weighted by Gasteiger charge is -2.30. The van der Waals surface area contributed by atoms with Gasteiger partial charge in [0.2, 0.25) is 0 Å². The van der Waals surface area contributed by atoms with Crippen LogP contribution in [0.3, 0.4) is 0 Å². The number of ether oxygens (including phenoxy) is 1. The first-order valence-corrected chi connectivity index (χ1v) is 9.94. The molecule has 0 atom stereocenters. The van der Waals surface area contributed by atoms with Crippen LogP contribution >= 0.6 is 22.9 Å². The molecule has 8 nitrogen and oxygen atoms in total. The van der Waals surface area contributed by atoms with Crippen molar-refractivity contribution in [2.45, 2.75) is 52.8 Å². The maximum Gasteiger partial charge on any atom is 0.410 e. The van der Waals surface area contributed by atoms with Gasteiger partial charge in [-0.2, -0.15) is 0 Å². The zero-order valence-corrected chi connectivity index (χ0v) is 18.0. The second kappa shape index (κ2) is 9.20. The van der Waals surface area contributed by atoms with Crippen molar-refractivity contribution in [2.75, 3.05) is 10.6 Å². The highest BCUT2D eigenvalue weighted by molar-refractivity contribution is 7.14. The fourth-order valence-electron chi connectivity index (χ4n) is 2.16. The van der Waals surface area contributed by atoms with Crippen LogP contribution in [0.2, 0.25) is 4.47 Å². The van der Waals surface area contributed by atoms with Crippen LogP contribution in [0, 0.1) is 0 Å². The van der Waals surface area contributed by atoms with Crippen molar-refractivity contribution in [3.8, 4) is 0 Å². The number of nitrogens with zero attached hydrogens (tertiary/aromatic N) is 3. The largest absolute Gasteiger partial charge is 0.444 e. The number of aromatic nitrogens is 2. The van der Waals surface area contributed by atoms with Crippen molar-refractivity contribution >= 4 is 46.7 Å². The molecule has 2 N–H and O–H groups in total. The van der Waals surface area contributed by atoms with E-state index < -0.39 is 17.7 Å². The monoisotopic (exact) mass is 425 g/mol. The molecule has 0 radical (unpaired) electrons. The average Bonchev–Trinajstić information content (AvgIpc) is 2.95. The van der Waals surface area contributed by atoms with Crippen molar-refractivity contribution < 1.29 is 14.3 Å². The molecule has 0 bridgehead atoms. The summed E-state index contributed by atoms with van der Waals surface area (Å²) in [6.45, 7) is 9.52. The van der Waals surface area contributed by atoms with Gasteiger partial charge in [0, 0.05) is 11.4 Å². The summed E-state index contributed by atoms with van der Waals surface area (Å²) in [5.41, 5.74) is 0.0339. The number of amides is 3. The van der Waals surface area contributed by atoms with E-state index in [9.17, 15) is 9.59 Å². The smallest absolute Gasteiger partial charge is 0.410 e. The number of pyridine rings is 1. The van der Waals surface area contributed by atoms with Gasteiger partial charge in [-0.05, 0) is 46.8 Å². The Morgan fingerprint density at radius 3 is 2.46 bits per heavy atom. The van der Waals surface area contributed by atoms with Gasteiger partial charge in [-0.1, -0.05) is 17.7 Å². The fraction of sp³-hybridized carbons (Fsp3) is 0.444. The predicted molar refractivity (Wildman–Crippen MR) is 111 cm³/mol. The molecule has 3 amide bonds. The Hall–Kier alpha value is -2.39. The molecule has 0 saturated carbocycles. The zero-order chi connectivity index (χ0) is 20.9. The Morgan fingerprint density at radius 1 is 1.21 bits per heavy atom. The molecule has 2 aromatic rings. The van der Waals surface area contributed by atoms with Crippen LogP contribution in [-0.4, -0.2) is 38.6 Å². The third kappa shape index (κ3) is 6.97. The van der Waals surface area contributed by atoms with Crippen LogP contribution in [0.15, 0.2) is 23.6 Å². The van der Waals surface area contributed by atoms with Gasteiger partial charge in [0.25, 0.3) is 0 Å². The lowest BCUT2D eigenvalue weighted by atomic mass is 10.2. The van der Waals surface area contributed by atoms with E-state index in [-0.39, 0.29) is 12.6 Å². The first-order chi connectivity index (χ1) is 13.0. The highest BCUT2D eigenvalue weighted by atomic mass is 35.5. The molecular formula is C18H24ClN5O3S. The van der Waals surface area contributed by atoms with Gasteiger partial charge >= 0.3 is 12.1 Å². The Labute approximate surface area is 173 Å². The Bertz CT molecular complexity index is 835. The molecule has 152 valence electrons. The van der Waals surface area contributed by atoms with Crippen molar-refractivity contribution in [3.05, 3.63) is 33.7 Å². The number of hydrogen-bond donors (Lipinski definition) is 2. The molecule has 10 heteroatoms. The average molecular weight is 426 g/mol. The number of carbonyl (C=O) groups excluding carboxylic acids is 2. The van der Waals surface area contributed by atoms with Crippen LogP contribution in [0.25, 0.3) is 0 Å². The summed E-state index contributed by atoms with van der Waals surface area (Å²) < 4.78 is 5.80. The topological polar surface area (TPSA) is 96.5 Å². The van der Waals surface area contributed by atoms with Crippen molar-refractivity contribution in [1.82, 2.24) is 14.9 Å². The number of urea groups is 1. The van der Waals surface area contributed by atoms with Gasteiger partial charge in [-0.3, -0.25) is 15.5 Å². The third-order valence-corrected chi connectivity index (χ3v) is 4.33. The van der Waals surface area contributed by atoms with E-state index in [1.807, 2.05) is 34.6 Å². The van der Waals surface area contributed by atoms with Gasteiger partial charge in [0.1, 0.15) is 17.2 Å². The number of thiazole rings is 1. The maximum absolute atomic E-state index is 12.5. The summed E-state index contributed by atoms with van der Waals surface area (Å²) in [6.07, 6.45) is -0.416. The SMILES string of the molecule is CC(C)N(Cc1cccc(NC(=O)Nc2csc(Cl)n2)n1)C(=O)OC(C)(C)C. The summed E-state index contributed by atoms with van der Waals surface area (Å²) in [6, 6.07) is 4.63. The predicted octanol–water partition coefficient (Wildman–Crippen LogP) is 4.98. The normalized spacial score (nSPS) is 11.2. The Morgan fingerprint density at radius 2 is 1.89 bits per heavy atom. The molecule has 0 aromatic carbocycles. The number of rotatable bonds is 5. The minimum absolute atomic E-state index is 0.0778. The lowest BCUT2D eigenvalue weighted by molar-refractivity contribution is 0.0169. The molecule has 0 spiro atoms. The quantitative estimate of drug-likeness (QED) is 0.704. The molecular weight excluding hydrogens is 402 g/mol. The highest BCUT2D eigenvalue weighted by Crippen LogP contribution is 2.19. The summed E-state index contributed by atoms with van der Waals surface area (Å²) in [5.74, 6) is 0.712. The number of nitrogens with one attached hydrogen (secondary N) is 2. The van der Waals surface area contributed by atoms with E-state index in [1.165, 1.54) is 11.3 Å². The van der Waals surface area contributed by atoms with Gasteiger partial charge < -0.3 is 4.74 Å². The summed E-state index contributed by atoms with van der Waals surface area (Å²) in [5, 5.41) is 6.84. The summed E-state index contributed by atoms with van der Waals surface area (Å²) in [7, 11) is 0. The maximum atomic E-state index is 12.5. The molecule has 2 heterocycles. The number of anilines is 2. The minimum Gasteiger partial charge on any atom is -0.444 e. The van der Waals surface area contributed by atoms with Gasteiger partial charge in [0.15, 0.2) is 4.47 Å². The van der Waals surface area contributed by atoms with Crippen molar-refractivity contribution in [3.63, 3.8) is 0 Å². The standard InChI is InChI=1S/C18H24ClN5O3S/c1-11(2)24(17(26)27-18(3,4)5)9-12-7-6-8-13(20-12)22-16(25)23-14-10-28-15(19)21-14/h6-8,10-11H,9H2,1-5H3,(H2,20,22,23,25). The van der Waals surface area contributed by atoms with Crippen LogP contribution in [-0.2, 0) is 11.3 Å². The van der Waals surface area contributed by atoms with E-state index >= 15 is 0 Å². The van der Waals surface area contributed by atoms with E-state index in [0.717, 1.165) is 0 Å². The van der Waals surface area contributed by atoms with Gasteiger partial charge in [0.05, 0.1) is 12.2 Å². The second-order valence-electron chi connectivity index (χ2n) is 7.28. The van der Waals surface area contributed by atoms with Crippen LogP contribution in [0.4, 0.5) is 21.2 Å². The van der Waals surface area contributed by atoms with E-state index in [4.69, 9.17) is 16.3 Å². The van der Waals surface area contributed by atoms with Crippen LogP contribution in [0.1, 0.15) is 40.3 Å². The van der Waals surface area contributed by atoms with Gasteiger partial charge in [-0.25, -0.2) is 19.6 Å². The Balaban J connectivity index is 2.04. The number of halogens is 1. The molecule has 2 rings (SSSR count). The zero-order valence-electron chi connectivity index (χ0n) is 16.4. The van der Waals surface area contributed by atoms with Gasteiger partial charge in [-0.15, -0.1) is 11.3 Å². The minimum atomic E-state index is -0.586. The van der Waals surface area contributed by atoms with E-state index in [0.29, 0.717) is 21.8 Å². The van der Waals surface area contributed by atoms with Crippen LogP contribution in [0.5, 0.6) is 0 Å². The van der Waals surface area contributed by atoms with Crippen LogP contribution < -0.4 is 10.6 Å². The molecule has 0 saturated heterocycles. The molecule has 0 aliphatic rings. The first kappa shape index (κ1) is 21.9. The lowest BCUT2D eigenvalue weighted by Crippen LogP contribution is -2.40. The Kier molecular flexibility index (Phi) is 7.20. The molecule has 2 aromatic heterocycles. The van der Waals surface area contributed by atoms with Crippen molar-refractivity contribution in [2.24, 2.45) is 0 Å². The summed E-state index contributed by atoms with van der Waals surface area (Å²) >= 11 is 6.96. The first-order valence-electron chi connectivity index (χ1n) is 8.68.